The molecule has 0 saturated carbocycles. The lowest BCUT2D eigenvalue weighted by atomic mass is 10.1. The van der Waals surface area contributed by atoms with E-state index in [0.717, 1.165) is 18.8 Å². The fraction of sp³-hybridized carbons (Fsp3) is 0.167. The molecule has 0 saturated heterocycles. The maximum Gasteiger partial charge on any atom is 0.0695 e. The van der Waals surface area contributed by atoms with Crippen molar-refractivity contribution < 1.29 is 0 Å². The van der Waals surface area contributed by atoms with Gasteiger partial charge in [-0.3, -0.25) is 10.00 Å². The molecule has 106 valence electrons. The molecule has 3 aromatic rings. The first-order valence-electron chi connectivity index (χ1n) is 7.13. The van der Waals surface area contributed by atoms with Crippen molar-refractivity contribution in [2.75, 3.05) is 7.05 Å². The van der Waals surface area contributed by atoms with Gasteiger partial charge < -0.3 is 0 Å². The molecular formula is C18H19N3. The number of nitrogens with zero attached hydrogens (tertiary/aromatic N) is 2. The Bertz CT molecular complexity index is 674. The second kappa shape index (κ2) is 6.37. The molecule has 1 N–H and O–H groups in total. The van der Waals surface area contributed by atoms with Crippen molar-refractivity contribution in [1.82, 2.24) is 15.1 Å². The molecule has 3 heteroatoms. The minimum Gasteiger partial charge on any atom is -0.298 e. The molecule has 3 nitrogen and oxygen atoms in total. The maximum atomic E-state index is 4.21. The van der Waals surface area contributed by atoms with Crippen LogP contribution in [0.5, 0.6) is 0 Å². The first kappa shape index (κ1) is 13.6. The van der Waals surface area contributed by atoms with Gasteiger partial charge in [-0.25, -0.2) is 0 Å². The van der Waals surface area contributed by atoms with Crippen LogP contribution in [0.2, 0.25) is 0 Å². The Morgan fingerprint density at radius 3 is 2.29 bits per heavy atom. The molecule has 2 aromatic carbocycles. The number of nitrogens with one attached hydrogen (secondary N) is 1. The molecule has 21 heavy (non-hydrogen) atoms. The summed E-state index contributed by atoms with van der Waals surface area (Å²) < 4.78 is 0. The van der Waals surface area contributed by atoms with Crippen LogP contribution in [0.15, 0.2) is 66.9 Å². The van der Waals surface area contributed by atoms with Gasteiger partial charge in [0, 0.05) is 18.7 Å². The van der Waals surface area contributed by atoms with Gasteiger partial charge in [-0.15, -0.1) is 0 Å². The van der Waals surface area contributed by atoms with Gasteiger partial charge in [0.25, 0.3) is 0 Å². The average molecular weight is 277 g/mol. The number of benzene rings is 2. The van der Waals surface area contributed by atoms with E-state index in [-0.39, 0.29) is 0 Å². The quantitative estimate of drug-likeness (QED) is 0.771. The summed E-state index contributed by atoms with van der Waals surface area (Å²) in [5, 5.41) is 7.32. The largest absolute Gasteiger partial charge is 0.298 e. The molecule has 0 radical (unpaired) electrons. The lowest BCUT2D eigenvalue weighted by Crippen LogP contribution is -2.17. The lowest BCUT2D eigenvalue weighted by molar-refractivity contribution is 0.319. The van der Waals surface area contributed by atoms with E-state index in [4.69, 9.17) is 0 Å². The van der Waals surface area contributed by atoms with E-state index in [1.54, 1.807) is 0 Å². The minimum atomic E-state index is 0.871. The van der Waals surface area contributed by atoms with Gasteiger partial charge in [0.05, 0.1) is 11.9 Å². The van der Waals surface area contributed by atoms with E-state index in [0.29, 0.717) is 0 Å². The van der Waals surface area contributed by atoms with Crippen molar-refractivity contribution in [3.05, 3.63) is 78.0 Å². The second-order valence-corrected chi connectivity index (χ2v) is 5.29. The number of hydrogen-bond donors (Lipinski definition) is 1. The first-order valence-corrected chi connectivity index (χ1v) is 7.13. The molecule has 0 spiro atoms. The fourth-order valence-corrected chi connectivity index (χ4v) is 2.53. The van der Waals surface area contributed by atoms with Crippen LogP contribution in [0.1, 0.15) is 11.1 Å². The average Bonchev–Trinajstić information content (AvgIpc) is 2.97. The Kier molecular flexibility index (Phi) is 4.12. The summed E-state index contributed by atoms with van der Waals surface area (Å²) in [6, 6.07) is 20.9. The predicted octanol–water partition coefficient (Wildman–Crippen LogP) is 3.71. The summed E-state index contributed by atoms with van der Waals surface area (Å²) in [7, 11) is 2.13. The van der Waals surface area contributed by atoms with Crippen LogP contribution in [0.25, 0.3) is 11.3 Å². The van der Waals surface area contributed by atoms with Gasteiger partial charge in [0.2, 0.25) is 0 Å². The van der Waals surface area contributed by atoms with E-state index in [9.17, 15) is 0 Å². The molecule has 3 rings (SSSR count). The Labute approximate surface area is 125 Å². The zero-order valence-corrected chi connectivity index (χ0v) is 12.2. The van der Waals surface area contributed by atoms with Gasteiger partial charge in [-0.05, 0) is 18.2 Å². The van der Waals surface area contributed by atoms with Crippen LogP contribution < -0.4 is 0 Å². The SMILES string of the molecule is CN(Cc1ccccc1)Cc1cn[nH]c1-c1ccccc1. The van der Waals surface area contributed by atoms with Gasteiger partial charge in [-0.1, -0.05) is 60.7 Å². The zero-order valence-electron chi connectivity index (χ0n) is 12.2. The van der Waals surface area contributed by atoms with Crippen molar-refractivity contribution in [3.8, 4) is 11.3 Å². The fourth-order valence-electron chi connectivity index (χ4n) is 2.53. The molecular weight excluding hydrogens is 258 g/mol. The summed E-state index contributed by atoms with van der Waals surface area (Å²) in [6.07, 6.45) is 1.92. The monoisotopic (exact) mass is 277 g/mol. The Morgan fingerprint density at radius 1 is 0.905 bits per heavy atom. The number of H-pyrrole nitrogens is 1. The highest BCUT2D eigenvalue weighted by molar-refractivity contribution is 5.62. The molecule has 0 aliphatic heterocycles. The number of rotatable bonds is 5. The summed E-state index contributed by atoms with van der Waals surface area (Å²) in [4.78, 5) is 2.30. The van der Waals surface area contributed by atoms with Gasteiger partial charge >= 0.3 is 0 Å². The van der Waals surface area contributed by atoms with E-state index < -0.39 is 0 Å². The van der Waals surface area contributed by atoms with Crippen molar-refractivity contribution >= 4 is 0 Å². The molecule has 0 aliphatic rings. The highest BCUT2D eigenvalue weighted by Gasteiger charge is 2.10. The van der Waals surface area contributed by atoms with Gasteiger partial charge in [0.1, 0.15) is 0 Å². The first-order chi connectivity index (χ1) is 10.3. The van der Waals surface area contributed by atoms with Crippen LogP contribution in [0.4, 0.5) is 0 Å². The normalized spacial score (nSPS) is 11.0. The smallest absolute Gasteiger partial charge is 0.0695 e. The molecule has 0 atom stereocenters. The minimum absolute atomic E-state index is 0.871. The van der Waals surface area contributed by atoms with Gasteiger partial charge in [-0.2, -0.15) is 5.10 Å². The number of aromatic amines is 1. The Hall–Kier alpha value is -2.39. The van der Waals surface area contributed by atoms with Crippen LogP contribution in [-0.2, 0) is 13.1 Å². The maximum absolute atomic E-state index is 4.21. The van der Waals surface area contributed by atoms with Crippen molar-refractivity contribution in [2.45, 2.75) is 13.1 Å². The molecule has 0 fully saturated rings. The summed E-state index contributed by atoms with van der Waals surface area (Å²) in [5.41, 5.74) is 4.83. The van der Waals surface area contributed by atoms with Gasteiger partial charge in [0.15, 0.2) is 0 Å². The third-order valence-electron chi connectivity index (χ3n) is 3.52. The van der Waals surface area contributed by atoms with Crippen LogP contribution in [0.3, 0.4) is 0 Å². The molecule has 1 heterocycles. The van der Waals surface area contributed by atoms with E-state index in [1.807, 2.05) is 30.5 Å². The van der Waals surface area contributed by atoms with E-state index >= 15 is 0 Å². The zero-order chi connectivity index (χ0) is 14.5. The molecule has 1 aromatic heterocycles. The molecule has 0 bridgehead atoms. The Balaban J connectivity index is 1.73. The summed E-state index contributed by atoms with van der Waals surface area (Å²) >= 11 is 0. The lowest BCUT2D eigenvalue weighted by Gasteiger charge is -2.16. The molecule has 0 unspecified atom stereocenters. The van der Waals surface area contributed by atoms with Crippen LogP contribution >= 0.6 is 0 Å². The van der Waals surface area contributed by atoms with E-state index in [1.165, 1.54) is 16.7 Å². The molecule has 0 aliphatic carbocycles. The standard InChI is InChI=1S/C18H19N3/c1-21(13-15-8-4-2-5-9-15)14-17-12-19-20-18(17)16-10-6-3-7-11-16/h2-12H,13-14H2,1H3,(H,19,20). The Morgan fingerprint density at radius 2 is 1.57 bits per heavy atom. The summed E-state index contributed by atoms with van der Waals surface area (Å²) in [5.74, 6) is 0. The second-order valence-electron chi connectivity index (χ2n) is 5.29. The number of hydrogen-bond acceptors (Lipinski definition) is 2. The highest BCUT2D eigenvalue weighted by Crippen LogP contribution is 2.22. The van der Waals surface area contributed by atoms with E-state index in [2.05, 4.69) is 58.5 Å². The highest BCUT2D eigenvalue weighted by atomic mass is 15.1. The van der Waals surface area contributed by atoms with Crippen LogP contribution in [0, 0.1) is 0 Å². The van der Waals surface area contributed by atoms with Crippen molar-refractivity contribution in [2.24, 2.45) is 0 Å². The number of aromatic nitrogens is 2. The third-order valence-corrected chi connectivity index (χ3v) is 3.52. The van der Waals surface area contributed by atoms with Crippen molar-refractivity contribution in [1.29, 1.82) is 0 Å². The topological polar surface area (TPSA) is 31.9 Å². The van der Waals surface area contributed by atoms with Crippen molar-refractivity contribution in [3.63, 3.8) is 0 Å². The van der Waals surface area contributed by atoms with Crippen LogP contribution in [-0.4, -0.2) is 22.1 Å². The third kappa shape index (κ3) is 3.38. The molecule has 0 amide bonds. The predicted molar refractivity (Wildman–Crippen MR) is 85.6 cm³/mol. The summed E-state index contributed by atoms with van der Waals surface area (Å²) in [6.45, 7) is 1.80.